The van der Waals surface area contributed by atoms with Gasteiger partial charge in [-0.2, -0.15) is 0 Å². The van der Waals surface area contributed by atoms with Gasteiger partial charge >= 0.3 is 5.97 Å². The minimum Gasteiger partial charge on any atom is -0.479 e. The second-order valence-corrected chi connectivity index (χ2v) is 6.34. The number of carboxylic acids is 1. The Labute approximate surface area is 138 Å². The average Bonchev–Trinajstić information content (AvgIpc) is 2.52. The van der Waals surface area contributed by atoms with E-state index in [1.807, 2.05) is 31.2 Å². The van der Waals surface area contributed by atoms with Gasteiger partial charge in [0.25, 0.3) is 0 Å². The lowest BCUT2D eigenvalue weighted by Crippen LogP contribution is -2.50. The number of morpholine rings is 1. The number of amides is 1. The van der Waals surface area contributed by atoms with Crippen molar-refractivity contribution < 1.29 is 19.4 Å². The number of hydrogen-bond acceptors (Lipinski definition) is 3. The van der Waals surface area contributed by atoms with Crippen LogP contribution >= 0.6 is 15.9 Å². The fourth-order valence-corrected chi connectivity index (χ4v) is 3.06. The zero-order chi connectivity index (χ0) is 16.1. The number of nitrogens with zero attached hydrogens (tertiary/aromatic N) is 1. The van der Waals surface area contributed by atoms with Crippen LogP contribution < -0.4 is 0 Å². The predicted molar refractivity (Wildman–Crippen MR) is 85.6 cm³/mol. The maximum absolute atomic E-state index is 12.7. The van der Waals surface area contributed by atoms with Crippen molar-refractivity contribution in [3.63, 3.8) is 0 Å². The lowest BCUT2D eigenvalue weighted by molar-refractivity contribution is -0.160. The Bertz CT molecular complexity index is 549. The number of rotatable bonds is 5. The van der Waals surface area contributed by atoms with Gasteiger partial charge in [0.05, 0.1) is 13.2 Å². The van der Waals surface area contributed by atoms with Gasteiger partial charge in [0.2, 0.25) is 5.91 Å². The Morgan fingerprint density at radius 2 is 2.27 bits per heavy atom. The molecule has 5 nitrogen and oxygen atoms in total. The number of carbonyl (C=O) groups excluding carboxylic acids is 1. The number of halogens is 1. The van der Waals surface area contributed by atoms with E-state index in [0.717, 1.165) is 16.5 Å². The molecule has 1 N–H and O–H groups in total. The summed E-state index contributed by atoms with van der Waals surface area (Å²) in [6.07, 6.45) is 0.464. The Kier molecular flexibility index (Phi) is 5.97. The van der Waals surface area contributed by atoms with E-state index in [9.17, 15) is 9.59 Å². The first kappa shape index (κ1) is 17.0. The molecular weight excluding hydrogens is 350 g/mol. The van der Waals surface area contributed by atoms with E-state index in [2.05, 4.69) is 15.9 Å². The van der Waals surface area contributed by atoms with Gasteiger partial charge in [-0.3, -0.25) is 4.79 Å². The molecule has 1 fully saturated rings. The molecule has 0 unspecified atom stereocenters. The molecule has 1 heterocycles. The maximum atomic E-state index is 12.7. The molecule has 0 spiro atoms. The van der Waals surface area contributed by atoms with Gasteiger partial charge < -0.3 is 14.7 Å². The van der Waals surface area contributed by atoms with Crippen LogP contribution in [0.25, 0.3) is 0 Å². The zero-order valence-corrected chi connectivity index (χ0v) is 14.1. The summed E-state index contributed by atoms with van der Waals surface area (Å²) in [7, 11) is 0. The summed E-state index contributed by atoms with van der Waals surface area (Å²) in [5, 5.41) is 9.03. The fraction of sp³-hybridized carbons (Fsp3) is 0.500. The third kappa shape index (κ3) is 4.30. The molecule has 2 rings (SSSR count). The van der Waals surface area contributed by atoms with Gasteiger partial charge in [-0.05, 0) is 30.5 Å². The van der Waals surface area contributed by atoms with Crippen LogP contribution in [0.4, 0.5) is 0 Å². The highest BCUT2D eigenvalue weighted by molar-refractivity contribution is 9.10. The standard InChI is InChI=1S/C16H20BrNO4/c1-2-12(8-11-4-3-5-13(17)9-11)15(19)18-6-7-22-14(10-18)16(20)21/h3-5,9,12,14H,2,6-8,10H2,1H3,(H,20,21)/t12-,14+/m0/s1. The summed E-state index contributed by atoms with van der Waals surface area (Å²) in [4.78, 5) is 25.3. The van der Waals surface area contributed by atoms with Gasteiger partial charge in [-0.1, -0.05) is 35.0 Å². The highest BCUT2D eigenvalue weighted by Crippen LogP contribution is 2.20. The van der Waals surface area contributed by atoms with Crippen LogP contribution in [-0.4, -0.2) is 47.7 Å². The van der Waals surface area contributed by atoms with Crippen LogP contribution in [0.15, 0.2) is 28.7 Å². The van der Waals surface area contributed by atoms with Crippen molar-refractivity contribution in [2.24, 2.45) is 5.92 Å². The van der Waals surface area contributed by atoms with Crippen molar-refractivity contribution in [1.82, 2.24) is 4.90 Å². The van der Waals surface area contributed by atoms with Gasteiger partial charge in [0.15, 0.2) is 6.10 Å². The van der Waals surface area contributed by atoms with Crippen LogP contribution in [0.3, 0.4) is 0 Å². The third-order valence-electron chi connectivity index (χ3n) is 3.87. The lowest BCUT2D eigenvalue weighted by atomic mass is 9.95. The minimum absolute atomic E-state index is 0.0111. The SMILES string of the molecule is CC[C@@H](Cc1cccc(Br)c1)C(=O)N1CCO[C@@H](C(=O)O)C1. The van der Waals surface area contributed by atoms with Crippen LogP contribution in [0.2, 0.25) is 0 Å². The lowest BCUT2D eigenvalue weighted by Gasteiger charge is -2.33. The largest absolute Gasteiger partial charge is 0.479 e. The molecule has 0 saturated carbocycles. The molecule has 1 aliphatic heterocycles. The molecule has 2 atom stereocenters. The number of hydrogen-bond donors (Lipinski definition) is 1. The monoisotopic (exact) mass is 369 g/mol. The summed E-state index contributed by atoms with van der Waals surface area (Å²) in [6.45, 7) is 2.84. The topological polar surface area (TPSA) is 66.8 Å². The summed E-state index contributed by atoms with van der Waals surface area (Å²) in [5.74, 6) is -1.14. The summed E-state index contributed by atoms with van der Waals surface area (Å²) >= 11 is 3.43. The second-order valence-electron chi connectivity index (χ2n) is 5.42. The third-order valence-corrected chi connectivity index (χ3v) is 4.36. The highest BCUT2D eigenvalue weighted by atomic mass is 79.9. The molecule has 6 heteroatoms. The molecule has 0 aliphatic carbocycles. The van der Waals surface area contributed by atoms with Crippen molar-refractivity contribution in [3.05, 3.63) is 34.3 Å². The molecule has 0 aromatic heterocycles. The van der Waals surface area contributed by atoms with E-state index in [-0.39, 0.29) is 25.0 Å². The van der Waals surface area contributed by atoms with Crippen molar-refractivity contribution in [3.8, 4) is 0 Å². The van der Waals surface area contributed by atoms with Gasteiger partial charge in [-0.25, -0.2) is 4.79 Å². The van der Waals surface area contributed by atoms with E-state index in [0.29, 0.717) is 13.0 Å². The zero-order valence-electron chi connectivity index (χ0n) is 12.5. The molecule has 1 aromatic carbocycles. The molecule has 0 radical (unpaired) electrons. The Morgan fingerprint density at radius 3 is 2.91 bits per heavy atom. The smallest absolute Gasteiger partial charge is 0.334 e. The van der Waals surface area contributed by atoms with Crippen LogP contribution in [-0.2, 0) is 20.7 Å². The van der Waals surface area contributed by atoms with Gasteiger partial charge in [0.1, 0.15) is 0 Å². The Morgan fingerprint density at radius 1 is 1.50 bits per heavy atom. The first-order valence-electron chi connectivity index (χ1n) is 7.39. The highest BCUT2D eigenvalue weighted by Gasteiger charge is 2.31. The van der Waals surface area contributed by atoms with Crippen LogP contribution in [0.1, 0.15) is 18.9 Å². The maximum Gasteiger partial charge on any atom is 0.334 e. The minimum atomic E-state index is -1.02. The molecule has 1 aliphatic rings. The molecule has 1 saturated heterocycles. The molecule has 1 aromatic rings. The first-order chi connectivity index (χ1) is 10.5. The van der Waals surface area contributed by atoms with Crippen molar-refractivity contribution in [2.45, 2.75) is 25.9 Å². The fourth-order valence-electron chi connectivity index (χ4n) is 2.61. The average molecular weight is 370 g/mol. The summed E-state index contributed by atoms with van der Waals surface area (Å²) < 4.78 is 6.16. The van der Waals surface area contributed by atoms with E-state index in [1.54, 1.807) is 4.90 Å². The van der Waals surface area contributed by atoms with Crippen molar-refractivity contribution in [1.29, 1.82) is 0 Å². The quantitative estimate of drug-likeness (QED) is 0.864. The number of ether oxygens (including phenoxy) is 1. The Hall–Kier alpha value is -1.40. The predicted octanol–water partition coefficient (Wildman–Crippen LogP) is 2.33. The number of aliphatic carboxylic acids is 1. The molecule has 1 amide bonds. The van der Waals surface area contributed by atoms with E-state index < -0.39 is 12.1 Å². The molecular formula is C16H20BrNO4. The van der Waals surface area contributed by atoms with Crippen molar-refractivity contribution >= 4 is 27.8 Å². The van der Waals surface area contributed by atoms with Gasteiger partial charge in [-0.15, -0.1) is 0 Å². The molecule has 0 bridgehead atoms. The Balaban J connectivity index is 2.03. The van der Waals surface area contributed by atoms with Gasteiger partial charge in [0, 0.05) is 16.9 Å². The van der Waals surface area contributed by atoms with Crippen LogP contribution in [0.5, 0.6) is 0 Å². The van der Waals surface area contributed by atoms with Crippen molar-refractivity contribution in [2.75, 3.05) is 19.7 Å². The first-order valence-corrected chi connectivity index (χ1v) is 8.18. The normalized spacial score (nSPS) is 19.7. The number of carboxylic acid groups (broad SMARTS) is 1. The number of carbonyl (C=O) groups is 2. The molecule has 120 valence electrons. The van der Waals surface area contributed by atoms with Crippen LogP contribution in [0, 0.1) is 5.92 Å². The summed E-state index contributed by atoms with van der Waals surface area (Å²) in [5.41, 5.74) is 1.10. The molecule has 22 heavy (non-hydrogen) atoms. The van der Waals surface area contributed by atoms with E-state index >= 15 is 0 Å². The summed E-state index contributed by atoms with van der Waals surface area (Å²) in [6, 6.07) is 7.91. The van der Waals surface area contributed by atoms with E-state index in [1.165, 1.54) is 0 Å². The second kappa shape index (κ2) is 7.74. The number of benzene rings is 1. The van der Waals surface area contributed by atoms with E-state index in [4.69, 9.17) is 9.84 Å².